The molecule has 2 saturated heterocycles. The Balaban J connectivity index is 1.50. The number of aliphatic hydroxyl groups is 1. The van der Waals surface area contributed by atoms with Gasteiger partial charge in [-0.2, -0.15) is 0 Å². The van der Waals surface area contributed by atoms with Crippen molar-refractivity contribution in [1.82, 2.24) is 31.2 Å². The second-order valence-electron chi connectivity index (χ2n) is 15.2. The van der Waals surface area contributed by atoms with Crippen molar-refractivity contribution in [1.29, 1.82) is 0 Å². The summed E-state index contributed by atoms with van der Waals surface area (Å²) in [5, 5.41) is 31.8. The summed E-state index contributed by atoms with van der Waals surface area (Å²) in [7, 11) is 0. The zero-order chi connectivity index (χ0) is 41.9. The second-order valence-corrected chi connectivity index (χ2v) is 15.2. The highest BCUT2D eigenvalue weighted by atomic mass is 16.7. The number of ether oxygens (including phenoxy) is 2. The molecule has 0 spiro atoms. The number of nitrogens with one attached hydrogen (secondary N) is 4. The maximum Gasteiger partial charge on any atom is 0.251 e. The number of unbranched alkanes of at least 4 members (excludes halogenated alkanes) is 1. The fourth-order valence-electron chi connectivity index (χ4n) is 7.18. The lowest BCUT2D eigenvalue weighted by atomic mass is 9.91. The first-order valence-electron chi connectivity index (χ1n) is 20.3. The van der Waals surface area contributed by atoms with Crippen molar-refractivity contribution in [2.45, 2.75) is 77.0 Å². The molecule has 0 saturated carbocycles. The number of nitrogens with zero attached hydrogens (tertiary/aromatic N) is 4. The normalized spacial score (nSPS) is 17.2. The van der Waals surface area contributed by atoms with Gasteiger partial charge < -0.3 is 41.2 Å². The number of hydrogen-bond acceptors (Lipinski definition) is 11. The van der Waals surface area contributed by atoms with E-state index < -0.39 is 41.0 Å². The second kappa shape index (κ2) is 24.1. The number of carbonyl (C=O) groups is 4. The minimum Gasteiger partial charge on any atom is -0.390 e. The van der Waals surface area contributed by atoms with E-state index in [4.69, 9.17) is 15.2 Å². The fourth-order valence-corrected chi connectivity index (χ4v) is 7.18. The molecular formula is C40H61N9O9. The first kappa shape index (κ1) is 45.8. The molecule has 7 N–H and O–H groups in total. The van der Waals surface area contributed by atoms with Crippen LogP contribution in [0.3, 0.4) is 0 Å². The standard InChI is InChI=1S/C40H61N9O9/c1-28(2)24-34(35(50)27-36(51)42-14-15-47-16-20-57-21-17-47)45-39(54)33(12-5-6-13-43-40(41)46-49(55)56)44-38(53)31(26-37(52)48-18-22-58-23-19-48)25-30-10-7-9-29-8-3-4-11-32(29)30/h3-4,7-11,28,31,33-35,50H,5-6,12-27H2,1-2H3,(H,42,51)(H,44,53)(H,45,54)(H3,41,43,46)/t31?,33-,34-,35-/m0/s1. The summed E-state index contributed by atoms with van der Waals surface area (Å²) in [6.45, 7) is 9.59. The van der Waals surface area contributed by atoms with Crippen LogP contribution in [0.5, 0.6) is 0 Å². The molecule has 2 aliphatic rings. The van der Waals surface area contributed by atoms with E-state index in [9.17, 15) is 34.4 Å². The zero-order valence-electron chi connectivity index (χ0n) is 33.7. The van der Waals surface area contributed by atoms with E-state index in [0.29, 0.717) is 71.9 Å². The van der Waals surface area contributed by atoms with Gasteiger partial charge in [0.15, 0.2) is 5.03 Å². The Morgan fingerprint density at radius 1 is 0.931 bits per heavy atom. The summed E-state index contributed by atoms with van der Waals surface area (Å²) in [6, 6.07) is 11.7. The van der Waals surface area contributed by atoms with E-state index >= 15 is 0 Å². The van der Waals surface area contributed by atoms with Gasteiger partial charge in [-0.15, -0.1) is 0 Å². The number of fused-ring (bicyclic) bond motifs is 1. The van der Waals surface area contributed by atoms with Gasteiger partial charge in [0.25, 0.3) is 5.96 Å². The van der Waals surface area contributed by atoms with Gasteiger partial charge in [-0.1, -0.05) is 61.7 Å². The lowest BCUT2D eigenvalue weighted by molar-refractivity contribution is -0.525. The molecule has 0 aliphatic carbocycles. The molecule has 2 aliphatic heterocycles. The molecule has 0 aromatic heterocycles. The smallest absolute Gasteiger partial charge is 0.251 e. The Labute approximate surface area is 339 Å². The van der Waals surface area contributed by atoms with Crippen molar-refractivity contribution in [3.05, 3.63) is 58.1 Å². The van der Waals surface area contributed by atoms with Gasteiger partial charge in [0.05, 0.1) is 50.9 Å². The van der Waals surface area contributed by atoms with Gasteiger partial charge in [0.1, 0.15) is 6.04 Å². The number of nitro groups is 1. The quantitative estimate of drug-likeness (QED) is 0.0317. The molecule has 0 bridgehead atoms. The van der Waals surface area contributed by atoms with Crippen LogP contribution in [-0.2, 0) is 35.1 Å². The molecule has 18 nitrogen and oxygen atoms in total. The lowest BCUT2D eigenvalue weighted by Gasteiger charge is -2.30. The van der Waals surface area contributed by atoms with Gasteiger partial charge >= 0.3 is 0 Å². The van der Waals surface area contributed by atoms with E-state index in [2.05, 4.69) is 25.8 Å². The highest BCUT2D eigenvalue weighted by Crippen LogP contribution is 2.24. The Hall–Kier alpha value is -4.91. The van der Waals surface area contributed by atoms with Crippen LogP contribution in [0.4, 0.5) is 0 Å². The van der Waals surface area contributed by atoms with Crippen LogP contribution >= 0.6 is 0 Å². The number of nitrogens with two attached hydrogens (primary N) is 1. The van der Waals surface area contributed by atoms with Crippen molar-refractivity contribution in [3.8, 4) is 0 Å². The Kier molecular flexibility index (Phi) is 19.0. The number of morpholine rings is 2. The predicted octanol–water partition coefficient (Wildman–Crippen LogP) is 0.729. The van der Waals surface area contributed by atoms with Gasteiger partial charge in [0, 0.05) is 52.2 Å². The molecule has 58 heavy (non-hydrogen) atoms. The third-order valence-corrected chi connectivity index (χ3v) is 10.3. The molecule has 1 unspecified atom stereocenters. The number of rotatable bonds is 22. The molecule has 2 heterocycles. The zero-order valence-corrected chi connectivity index (χ0v) is 33.7. The summed E-state index contributed by atoms with van der Waals surface area (Å²) in [4.78, 5) is 73.5. The van der Waals surface area contributed by atoms with Crippen LogP contribution in [0.15, 0.2) is 47.5 Å². The number of benzene rings is 2. The van der Waals surface area contributed by atoms with Gasteiger partial charge in [-0.3, -0.25) is 24.1 Å². The fraction of sp³-hybridized carbons (Fsp3) is 0.625. The molecule has 2 aromatic carbocycles. The van der Waals surface area contributed by atoms with Crippen LogP contribution < -0.4 is 27.1 Å². The van der Waals surface area contributed by atoms with E-state index in [0.717, 1.165) is 29.4 Å². The minimum atomic E-state index is -1.21. The van der Waals surface area contributed by atoms with Crippen LogP contribution in [-0.4, -0.2) is 140 Å². The monoisotopic (exact) mass is 811 g/mol. The minimum absolute atomic E-state index is 0.0461. The molecule has 4 rings (SSSR count). The predicted molar refractivity (Wildman–Crippen MR) is 218 cm³/mol. The van der Waals surface area contributed by atoms with E-state index in [1.54, 1.807) is 10.3 Å². The summed E-state index contributed by atoms with van der Waals surface area (Å²) >= 11 is 0. The SMILES string of the molecule is CC(C)C[C@H](NC(=O)[C@H](CCCCN=C(N)N[N+](=O)[O-])NC(=O)C(CC(=O)N1CCOCC1)Cc1cccc2ccccc12)[C@@H](O)CC(=O)NCCN1CCOCC1. The number of carbonyl (C=O) groups excluding carboxylic acids is 4. The molecule has 2 aromatic rings. The molecular weight excluding hydrogens is 750 g/mol. The van der Waals surface area contributed by atoms with E-state index in [-0.39, 0.29) is 55.9 Å². The van der Waals surface area contributed by atoms with E-state index in [1.807, 2.05) is 56.3 Å². The van der Waals surface area contributed by atoms with Crippen molar-refractivity contribution < 1.29 is 38.8 Å². The van der Waals surface area contributed by atoms with E-state index in [1.165, 1.54) is 0 Å². The number of aliphatic imine (C=N–C) groups is 1. The average molecular weight is 812 g/mol. The van der Waals surface area contributed by atoms with Gasteiger partial charge in [-0.25, -0.2) is 15.1 Å². The third kappa shape index (κ3) is 15.8. The van der Waals surface area contributed by atoms with Crippen molar-refractivity contribution in [2.24, 2.45) is 22.6 Å². The highest BCUT2D eigenvalue weighted by Gasteiger charge is 2.32. The Morgan fingerprint density at radius 2 is 1.62 bits per heavy atom. The highest BCUT2D eigenvalue weighted by molar-refractivity contribution is 5.92. The molecule has 4 amide bonds. The van der Waals surface area contributed by atoms with Crippen molar-refractivity contribution >= 4 is 40.4 Å². The summed E-state index contributed by atoms with van der Waals surface area (Å²) in [5.74, 6) is -2.70. The molecule has 18 heteroatoms. The van der Waals surface area contributed by atoms with Gasteiger partial charge in [-0.05, 0) is 54.4 Å². The summed E-state index contributed by atoms with van der Waals surface area (Å²) in [5.41, 5.74) is 8.23. The average Bonchev–Trinajstić information content (AvgIpc) is 3.20. The summed E-state index contributed by atoms with van der Waals surface area (Å²) in [6.07, 6.45) is -0.00563. The topological polar surface area (TPSA) is 243 Å². The Morgan fingerprint density at radius 3 is 2.33 bits per heavy atom. The van der Waals surface area contributed by atoms with Crippen LogP contribution in [0.25, 0.3) is 10.8 Å². The van der Waals surface area contributed by atoms with Crippen molar-refractivity contribution in [3.63, 3.8) is 0 Å². The van der Waals surface area contributed by atoms with Crippen LogP contribution in [0.2, 0.25) is 0 Å². The molecule has 0 radical (unpaired) electrons. The third-order valence-electron chi connectivity index (χ3n) is 10.3. The number of aliphatic hydroxyl groups excluding tert-OH is 1. The number of hydrazine groups is 1. The van der Waals surface area contributed by atoms with Crippen LogP contribution in [0, 0.1) is 22.0 Å². The number of amides is 4. The first-order chi connectivity index (χ1) is 27.9. The number of guanidine groups is 1. The van der Waals surface area contributed by atoms with Crippen molar-refractivity contribution in [2.75, 3.05) is 72.2 Å². The lowest BCUT2D eigenvalue weighted by Crippen LogP contribution is -2.54. The maximum atomic E-state index is 14.3. The Bertz CT molecular complexity index is 1680. The first-order valence-corrected chi connectivity index (χ1v) is 20.3. The molecule has 320 valence electrons. The molecule has 4 atom stereocenters. The molecule has 2 fully saturated rings. The number of hydrogen-bond donors (Lipinski definition) is 6. The van der Waals surface area contributed by atoms with Gasteiger partial charge in [0.2, 0.25) is 23.6 Å². The van der Waals surface area contributed by atoms with Crippen LogP contribution in [0.1, 0.15) is 57.9 Å². The maximum absolute atomic E-state index is 14.3. The largest absolute Gasteiger partial charge is 0.390 e. The summed E-state index contributed by atoms with van der Waals surface area (Å²) < 4.78 is 10.8.